The quantitative estimate of drug-likeness (QED) is 0.738. The molecular weight excluding hydrogens is 362 g/mol. The predicted octanol–water partition coefficient (Wildman–Crippen LogP) is 3.40. The van der Waals surface area contributed by atoms with E-state index in [-0.39, 0.29) is 16.7 Å². The molecule has 0 saturated heterocycles. The molecule has 27 heavy (non-hydrogen) atoms. The molecule has 0 spiro atoms. The first kappa shape index (κ1) is 20.6. The van der Waals surface area contributed by atoms with Crippen LogP contribution in [0, 0.1) is 11.3 Å². The lowest BCUT2D eigenvalue weighted by atomic mass is 10.1. The van der Waals surface area contributed by atoms with Gasteiger partial charge in [-0.3, -0.25) is 4.79 Å². The van der Waals surface area contributed by atoms with Crippen molar-refractivity contribution in [3.63, 3.8) is 0 Å². The van der Waals surface area contributed by atoms with Crippen molar-refractivity contribution in [3.05, 3.63) is 59.2 Å². The Bertz CT molecular complexity index is 975. The topological polar surface area (TPSA) is 90.3 Å². The van der Waals surface area contributed by atoms with E-state index in [1.165, 1.54) is 11.2 Å². The molecule has 0 aliphatic carbocycles. The maximum Gasteiger partial charge on any atom is 0.243 e. The number of Topliss-reactive ketones (excluding diaryl/α,β-unsaturated/α-hetero) is 1. The lowest BCUT2D eigenvalue weighted by Gasteiger charge is -2.21. The summed E-state index contributed by atoms with van der Waals surface area (Å²) < 4.78 is 26.3. The van der Waals surface area contributed by atoms with E-state index in [1.807, 2.05) is 13.8 Å². The van der Waals surface area contributed by atoms with Crippen LogP contribution in [0.25, 0.3) is 0 Å². The van der Waals surface area contributed by atoms with E-state index in [2.05, 4.69) is 11.4 Å². The van der Waals surface area contributed by atoms with Crippen LogP contribution in [0.5, 0.6) is 0 Å². The van der Waals surface area contributed by atoms with E-state index in [0.29, 0.717) is 23.4 Å². The van der Waals surface area contributed by atoms with Gasteiger partial charge >= 0.3 is 0 Å². The van der Waals surface area contributed by atoms with Gasteiger partial charge in [-0.05, 0) is 56.7 Å². The first-order valence-electron chi connectivity index (χ1n) is 8.52. The smallest absolute Gasteiger partial charge is 0.243 e. The van der Waals surface area contributed by atoms with Crippen LogP contribution in [-0.2, 0) is 16.6 Å². The molecule has 0 unspecified atom stereocenters. The third-order valence-electron chi connectivity index (χ3n) is 4.36. The monoisotopic (exact) mass is 385 g/mol. The zero-order chi connectivity index (χ0) is 20.2. The number of carbonyl (C=O) groups is 1. The zero-order valence-corrected chi connectivity index (χ0v) is 16.7. The van der Waals surface area contributed by atoms with Gasteiger partial charge in [-0.25, -0.2) is 8.42 Å². The Balaban J connectivity index is 2.18. The van der Waals surface area contributed by atoms with Crippen LogP contribution in [0.1, 0.15) is 42.3 Å². The van der Waals surface area contributed by atoms with Gasteiger partial charge in [-0.1, -0.05) is 12.1 Å². The molecule has 6 nitrogen and oxygen atoms in total. The van der Waals surface area contributed by atoms with Crippen LogP contribution in [0.15, 0.2) is 47.4 Å². The van der Waals surface area contributed by atoms with Gasteiger partial charge in [0.05, 0.1) is 16.1 Å². The molecule has 1 N–H and O–H groups in total. The standard InChI is InChI=1S/C20H23N3O3S/c1-14(2)23(4)27(25,26)19-9-5-16(6-10-19)13-22-20-11-17(15(3)24)7-8-18(20)12-21/h5-11,14,22H,13H2,1-4H3. The summed E-state index contributed by atoms with van der Waals surface area (Å²) >= 11 is 0. The Morgan fingerprint density at radius 1 is 1.19 bits per heavy atom. The fourth-order valence-corrected chi connectivity index (χ4v) is 3.80. The summed E-state index contributed by atoms with van der Waals surface area (Å²) in [6.07, 6.45) is 0. The number of benzene rings is 2. The lowest BCUT2D eigenvalue weighted by Crippen LogP contribution is -2.33. The van der Waals surface area contributed by atoms with Gasteiger partial charge in [0.25, 0.3) is 0 Å². The summed E-state index contributed by atoms with van der Waals surface area (Å²) in [5, 5.41) is 12.4. The van der Waals surface area contributed by atoms with Gasteiger partial charge in [0.15, 0.2) is 5.78 Å². The molecule has 0 aliphatic heterocycles. The molecule has 142 valence electrons. The van der Waals surface area contributed by atoms with E-state index in [4.69, 9.17) is 0 Å². The molecule has 0 bridgehead atoms. The Morgan fingerprint density at radius 2 is 1.81 bits per heavy atom. The normalized spacial score (nSPS) is 11.4. The minimum Gasteiger partial charge on any atom is -0.380 e. The van der Waals surface area contributed by atoms with Crippen molar-refractivity contribution >= 4 is 21.5 Å². The Morgan fingerprint density at radius 3 is 2.33 bits per heavy atom. The number of sulfonamides is 1. The Labute approximate surface area is 160 Å². The van der Waals surface area contributed by atoms with Crippen LogP contribution in [-0.4, -0.2) is 31.6 Å². The molecule has 0 fully saturated rings. The number of hydrogen-bond acceptors (Lipinski definition) is 5. The van der Waals surface area contributed by atoms with E-state index >= 15 is 0 Å². The minimum atomic E-state index is -3.52. The second kappa shape index (κ2) is 8.33. The molecule has 2 aromatic carbocycles. The number of hydrogen-bond donors (Lipinski definition) is 1. The summed E-state index contributed by atoms with van der Waals surface area (Å²) in [6.45, 7) is 5.50. The molecule has 0 atom stereocenters. The van der Waals surface area contributed by atoms with Crippen LogP contribution >= 0.6 is 0 Å². The number of rotatable bonds is 7. The summed E-state index contributed by atoms with van der Waals surface area (Å²) in [7, 11) is -1.96. The molecule has 2 aromatic rings. The first-order chi connectivity index (χ1) is 12.7. The highest BCUT2D eigenvalue weighted by Crippen LogP contribution is 2.20. The number of anilines is 1. The van der Waals surface area contributed by atoms with Crippen LogP contribution in [0.2, 0.25) is 0 Å². The van der Waals surface area contributed by atoms with Crippen molar-refractivity contribution < 1.29 is 13.2 Å². The highest BCUT2D eigenvalue weighted by atomic mass is 32.2. The van der Waals surface area contributed by atoms with Crippen molar-refractivity contribution in [1.29, 1.82) is 5.26 Å². The second-order valence-electron chi connectivity index (χ2n) is 6.54. The van der Waals surface area contributed by atoms with Gasteiger partial charge < -0.3 is 5.32 Å². The molecule has 0 radical (unpaired) electrons. The first-order valence-corrected chi connectivity index (χ1v) is 9.96. The summed E-state index contributed by atoms with van der Waals surface area (Å²) in [6, 6.07) is 13.4. The Hall–Kier alpha value is -2.69. The van der Waals surface area contributed by atoms with E-state index in [0.717, 1.165) is 5.56 Å². The van der Waals surface area contributed by atoms with Gasteiger partial charge in [0.1, 0.15) is 6.07 Å². The summed E-state index contributed by atoms with van der Waals surface area (Å²) in [4.78, 5) is 11.8. The predicted molar refractivity (Wildman–Crippen MR) is 105 cm³/mol. The molecule has 0 aromatic heterocycles. The molecule has 0 heterocycles. The van der Waals surface area contributed by atoms with Crippen molar-refractivity contribution in [2.45, 2.75) is 38.3 Å². The van der Waals surface area contributed by atoms with Crippen molar-refractivity contribution in [2.24, 2.45) is 0 Å². The molecule has 2 rings (SSSR count). The number of nitrogens with one attached hydrogen (secondary N) is 1. The van der Waals surface area contributed by atoms with E-state index < -0.39 is 10.0 Å². The molecular formula is C20H23N3O3S. The SMILES string of the molecule is CC(=O)c1ccc(C#N)c(NCc2ccc(S(=O)(=O)N(C)C(C)C)cc2)c1. The maximum absolute atomic E-state index is 12.5. The third-order valence-corrected chi connectivity index (χ3v) is 6.40. The van der Waals surface area contributed by atoms with Crippen LogP contribution in [0.4, 0.5) is 5.69 Å². The highest BCUT2D eigenvalue weighted by molar-refractivity contribution is 7.89. The van der Waals surface area contributed by atoms with Crippen molar-refractivity contribution in [3.8, 4) is 6.07 Å². The summed E-state index contributed by atoms with van der Waals surface area (Å²) in [5.74, 6) is -0.0774. The van der Waals surface area contributed by atoms with Crippen molar-refractivity contribution in [2.75, 3.05) is 12.4 Å². The largest absolute Gasteiger partial charge is 0.380 e. The van der Waals surface area contributed by atoms with Gasteiger partial charge in [0, 0.05) is 25.2 Å². The van der Waals surface area contributed by atoms with Crippen LogP contribution < -0.4 is 5.32 Å². The molecule has 7 heteroatoms. The number of carbonyl (C=O) groups excluding carboxylic acids is 1. The number of nitriles is 1. The number of nitrogens with zero attached hydrogens (tertiary/aromatic N) is 2. The summed E-state index contributed by atoms with van der Waals surface area (Å²) in [5.41, 5.74) is 2.40. The van der Waals surface area contributed by atoms with Crippen LogP contribution in [0.3, 0.4) is 0 Å². The fourth-order valence-electron chi connectivity index (χ4n) is 2.43. The van der Waals surface area contributed by atoms with E-state index in [1.54, 1.807) is 49.5 Å². The molecule has 0 amide bonds. The lowest BCUT2D eigenvalue weighted by molar-refractivity contribution is 0.101. The number of ketones is 1. The fraction of sp³-hybridized carbons (Fsp3) is 0.300. The van der Waals surface area contributed by atoms with Gasteiger partial charge in [-0.15, -0.1) is 0 Å². The van der Waals surface area contributed by atoms with Crippen molar-refractivity contribution in [1.82, 2.24) is 4.31 Å². The molecule has 0 saturated carbocycles. The molecule has 0 aliphatic rings. The zero-order valence-electron chi connectivity index (χ0n) is 15.9. The average Bonchev–Trinajstić information content (AvgIpc) is 2.65. The average molecular weight is 385 g/mol. The minimum absolute atomic E-state index is 0.0774. The maximum atomic E-state index is 12.5. The van der Waals surface area contributed by atoms with E-state index in [9.17, 15) is 18.5 Å². The highest BCUT2D eigenvalue weighted by Gasteiger charge is 2.22. The van der Waals surface area contributed by atoms with Gasteiger partial charge in [0.2, 0.25) is 10.0 Å². The Kier molecular flexibility index (Phi) is 6.37. The third kappa shape index (κ3) is 4.73. The second-order valence-corrected chi connectivity index (χ2v) is 8.54. The van der Waals surface area contributed by atoms with Gasteiger partial charge in [-0.2, -0.15) is 9.57 Å².